The van der Waals surface area contributed by atoms with Crippen LogP contribution in [0.25, 0.3) is 10.9 Å². The molecule has 1 aliphatic heterocycles. The lowest BCUT2D eigenvalue weighted by atomic mass is 9.72. The summed E-state index contributed by atoms with van der Waals surface area (Å²) in [6.07, 6.45) is 9.42. The summed E-state index contributed by atoms with van der Waals surface area (Å²) in [7, 11) is 0. The van der Waals surface area contributed by atoms with Gasteiger partial charge in [-0.2, -0.15) is 0 Å². The quantitative estimate of drug-likeness (QED) is 0.490. The van der Waals surface area contributed by atoms with Crippen LogP contribution in [-0.2, 0) is 16.0 Å². The number of hydrogen-bond donors (Lipinski definition) is 1. The maximum Gasteiger partial charge on any atom is 0.155 e. The first-order valence-electron chi connectivity index (χ1n) is 9.40. The number of aromatic amines is 1. The highest BCUT2D eigenvalue weighted by atomic mass is 16.5. The van der Waals surface area contributed by atoms with E-state index in [-0.39, 0.29) is 5.78 Å². The molecule has 1 N–H and O–H groups in total. The zero-order chi connectivity index (χ0) is 18.1. The fourth-order valence-electron chi connectivity index (χ4n) is 4.73. The van der Waals surface area contributed by atoms with Gasteiger partial charge in [-0.15, -0.1) is 6.58 Å². The van der Waals surface area contributed by atoms with E-state index in [0.29, 0.717) is 24.5 Å². The highest BCUT2D eigenvalue weighted by Crippen LogP contribution is 2.44. The highest BCUT2D eigenvalue weighted by Gasteiger charge is 2.40. The van der Waals surface area contributed by atoms with Crippen LogP contribution in [0, 0.1) is 5.92 Å². The molecule has 2 heterocycles. The van der Waals surface area contributed by atoms with E-state index in [1.165, 1.54) is 41.3 Å². The van der Waals surface area contributed by atoms with Crippen LogP contribution >= 0.6 is 0 Å². The van der Waals surface area contributed by atoms with Gasteiger partial charge in [0.05, 0.1) is 12.9 Å². The van der Waals surface area contributed by atoms with E-state index in [1.807, 2.05) is 6.08 Å². The Balaban J connectivity index is 1.59. The van der Waals surface area contributed by atoms with Crippen molar-refractivity contribution in [2.75, 3.05) is 19.7 Å². The van der Waals surface area contributed by atoms with Crippen LogP contribution in [0.4, 0.5) is 0 Å². The third-order valence-corrected chi connectivity index (χ3v) is 5.76. The second kappa shape index (κ2) is 7.12. The van der Waals surface area contributed by atoms with Crippen LogP contribution in [0.2, 0.25) is 0 Å². The summed E-state index contributed by atoms with van der Waals surface area (Å²) in [5, 5.41) is 1.42. The predicted molar refractivity (Wildman–Crippen MR) is 104 cm³/mol. The molecule has 4 heteroatoms. The molecule has 0 radical (unpaired) electrons. The van der Waals surface area contributed by atoms with Crippen molar-refractivity contribution in [1.82, 2.24) is 9.88 Å². The van der Waals surface area contributed by atoms with Gasteiger partial charge in [0.1, 0.15) is 0 Å². The topological polar surface area (TPSA) is 45.3 Å². The first kappa shape index (κ1) is 17.1. The molecule has 26 heavy (non-hydrogen) atoms. The fourth-order valence-corrected chi connectivity index (χ4v) is 4.73. The van der Waals surface area contributed by atoms with Crippen molar-refractivity contribution in [3.05, 3.63) is 60.5 Å². The van der Waals surface area contributed by atoms with Gasteiger partial charge in [0.25, 0.3) is 0 Å². The van der Waals surface area contributed by atoms with Gasteiger partial charge >= 0.3 is 0 Å². The van der Waals surface area contributed by atoms with Gasteiger partial charge < -0.3 is 9.72 Å². The molecule has 2 aliphatic rings. The Morgan fingerprint density at radius 3 is 3.15 bits per heavy atom. The number of benzene rings is 1. The van der Waals surface area contributed by atoms with E-state index < -0.39 is 0 Å². The first-order chi connectivity index (χ1) is 12.7. The van der Waals surface area contributed by atoms with Gasteiger partial charge in [0, 0.05) is 54.1 Å². The Hall–Kier alpha value is -2.33. The molecule has 0 spiro atoms. The molecule has 2 unspecified atom stereocenters. The van der Waals surface area contributed by atoms with E-state index >= 15 is 0 Å². The molecule has 1 fully saturated rings. The minimum absolute atomic E-state index is 0.0148. The monoisotopic (exact) mass is 350 g/mol. The molecule has 1 aromatic heterocycles. The summed E-state index contributed by atoms with van der Waals surface area (Å²) in [4.78, 5) is 17.0. The number of fused-ring (bicyclic) bond motifs is 2. The van der Waals surface area contributed by atoms with Crippen molar-refractivity contribution >= 4 is 16.7 Å². The number of rotatable bonds is 6. The van der Waals surface area contributed by atoms with Crippen molar-refractivity contribution in [2.45, 2.75) is 31.7 Å². The van der Waals surface area contributed by atoms with Gasteiger partial charge in [-0.1, -0.05) is 18.2 Å². The standard InChI is InChI=1S/C22H26N2O2/c1-3-8-24-13-16(14-26-9-7-15(2)25)10-19-18-5-4-6-20-22(18)17(12-23-20)11-21(19)24/h3-7,9,12,16,19,21,23H,1,8,10-11,13-14H2,2H3/t16?,19?,21-/m1/s1. The van der Waals surface area contributed by atoms with Crippen molar-refractivity contribution in [1.29, 1.82) is 0 Å². The number of aromatic nitrogens is 1. The maximum atomic E-state index is 11.0. The molecular formula is C22H26N2O2. The Kier molecular flexibility index (Phi) is 4.68. The zero-order valence-electron chi connectivity index (χ0n) is 15.3. The summed E-state index contributed by atoms with van der Waals surface area (Å²) in [5.41, 5.74) is 4.15. The van der Waals surface area contributed by atoms with E-state index in [1.54, 1.807) is 0 Å². The van der Waals surface area contributed by atoms with Crippen molar-refractivity contribution in [3.8, 4) is 0 Å². The number of likely N-dealkylation sites (tertiary alicyclic amines) is 1. The van der Waals surface area contributed by atoms with Gasteiger partial charge in [-0.3, -0.25) is 9.69 Å². The normalized spacial score (nSPS) is 25.3. The van der Waals surface area contributed by atoms with Gasteiger partial charge in [0.15, 0.2) is 5.78 Å². The molecule has 3 atom stereocenters. The van der Waals surface area contributed by atoms with E-state index in [2.05, 4.69) is 40.9 Å². The van der Waals surface area contributed by atoms with Crippen molar-refractivity contribution in [3.63, 3.8) is 0 Å². The van der Waals surface area contributed by atoms with Crippen LogP contribution in [0.5, 0.6) is 0 Å². The lowest BCUT2D eigenvalue weighted by Crippen LogP contribution is -2.50. The number of carbonyl (C=O) groups is 1. The van der Waals surface area contributed by atoms with Crippen LogP contribution in [0.15, 0.2) is 49.4 Å². The molecule has 1 aromatic carbocycles. The van der Waals surface area contributed by atoms with E-state index in [4.69, 9.17) is 4.74 Å². The molecule has 0 bridgehead atoms. The molecule has 4 rings (SSSR count). The Morgan fingerprint density at radius 2 is 2.35 bits per heavy atom. The molecule has 0 saturated carbocycles. The lowest BCUT2D eigenvalue weighted by Gasteiger charge is -2.46. The highest BCUT2D eigenvalue weighted by molar-refractivity contribution is 5.88. The van der Waals surface area contributed by atoms with E-state index in [0.717, 1.165) is 25.9 Å². The maximum absolute atomic E-state index is 11.0. The van der Waals surface area contributed by atoms with Gasteiger partial charge in [-0.25, -0.2) is 0 Å². The van der Waals surface area contributed by atoms with Crippen molar-refractivity contribution in [2.24, 2.45) is 5.92 Å². The third kappa shape index (κ3) is 3.10. The minimum atomic E-state index is 0.0148. The Labute approximate surface area is 154 Å². The molecule has 2 aromatic rings. The number of hydrogen-bond acceptors (Lipinski definition) is 3. The predicted octanol–water partition coefficient (Wildman–Crippen LogP) is 3.80. The number of carbonyl (C=O) groups excluding carboxylic acids is 1. The molecule has 1 aliphatic carbocycles. The Bertz CT molecular complexity index is 851. The Morgan fingerprint density at radius 1 is 1.46 bits per heavy atom. The minimum Gasteiger partial charge on any atom is -0.501 e. The molecule has 4 nitrogen and oxygen atoms in total. The summed E-state index contributed by atoms with van der Waals surface area (Å²) < 4.78 is 5.66. The van der Waals surface area contributed by atoms with Crippen LogP contribution in [0.3, 0.4) is 0 Å². The van der Waals surface area contributed by atoms with Crippen LogP contribution in [-0.4, -0.2) is 41.4 Å². The van der Waals surface area contributed by atoms with E-state index in [9.17, 15) is 4.79 Å². The van der Waals surface area contributed by atoms with Gasteiger partial charge in [0.2, 0.25) is 0 Å². The second-order valence-electron chi connectivity index (χ2n) is 7.55. The average Bonchev–Trinajstić information content (AvgIpc) is 3.04. The number of H-pyrrole nitrogens is 1. The molecule has 136 valence electrons. The number of nitrogens with zero attached hydrogens (tertiary/aromatic N) is 1. The SMILES string of the molecule is C=CCN1CC(COC=CC(C)=O)CC2c3cccc4[nH]cc(c34)C[C@H]21. The summed E-state index contributed by atoms with van der Waals surface area (Å²) in [6.45, 7) is 8.05. The van der Waals surface area contributed by atoms with Gasteiger partial charge in [-0.05, 0) is 37.0 Å². The number of piperidine rings is 1. The fraction of sp³-hybridized carbons (Fsp3) is 0.409. The van der Waals surface area contributed by atoms with Crippen LogP contribution < -0.4 is 0 Å². The average molecular weight is 350 g/mol. The number of allylic oxidation sites excluding steroid dienone is 1. The lowest BCUT2D eigenvalue weighted by molar-refractivity contribution is -0.112. The third-order valence-electron chi connectivity index (χ3n) is 5.76. The van der Waals surface area contributed by atoms with Crippen molar-refractivity contribution < 1.29 is 9.53 Å². The largest absolute Gasteiger partial charge is 0.501 e. The molecular weight excluding hydrogens is 324 g/mol. The van der Waals surface area contributed by atoms with Crippen LogP contribution in [0.1, 0.15) is 30.4 Å². The number of nitrogens with one attached hydrogen (secondary N) is 1. The second-order valence-corrected chi connectivity index (χ2v) is 7.55. The summed E-state index contributed by atoms with van der Waals surface area (Å²) in [6, 6.07) is 7.14. The zero-order valence-corrected chi connectivity index (χ0v) is 15.3. The first-order valence-corrected chi connectivity index (χ1v) is 9.40. The summed E-state index contributed by atoms with van der Waals surface area (Å²) >= 11 is 0. The number of ketones is 1. The smallest absolute Gasteiger partial charge is 0.155 e. The molecule has 0 amide bonds. The number of ether oxygens (including phenoxy) is 1. The summed E-state index contributed by atoms with van der Waals surface area (Å²) in [5.74, 6) is 0.977. The molecule has 1 saturated heterocycles.